The Bertz CT molecular complexity index is 894. The molecule has 0 aliphatic carbocycles. The van der Waals surface area contributed by atoms with Gasteiger partial charge in [-0.15, -0.1) is 0 Å². The lowest BCUT2D eigenvalue weighted by Crippen LogP contribution is -2.40. The first-order valence-corrected chi connectivity index (χ1v) is 9.77. The molecule has 1 fully saturated rings. The molecule has 1 aromatic carbocycles. The summed E-state index contributed by atoms with van der Waals surface area (Å²) in [5.41, 5.74) is 2.91. The van der Waals surface area contributed by atoms with Gasteiger partial charge in [-0.3, -0.25) is 4.79 Å². The molecule has 2 aromatic heterocycles. The second-order valence-electron chi connectivity index (χ2n) is 7.94. The molecule has 6 nitrogen and oxygen atoms in total. The number of imidazole rings is 1. The normalized spacial score (nSPS) is 17.7. The van der Waals surface area contributed by atoms with Crippen molar-refractivity contribution in [3.8, 4) is 0 Å². The van der Waals surface area contributed by atoms with Crippen molar-refractivity contribution in [3.63, 3.8) is 0 Å². The van der Waals surface area contributed by atoms with Crippen molar-refractivity contribution in [3.05, 3.63) is 47.6 Å². The molecule has 3 aromatic rings. The van der Waals surface area contributed by atoms with Gasteiger partial charge in [0.25, 0.3) is 5.91 Å². The highest BCUT2D eigenvalue weighted by Gasteiger charge is 2.27. The number of aromatic amines is 1. The number of rotatable bonds is 5. The number of carbonyl (C=O) groups is 1. The number of aromatic nitrogens is 3. The fourth-order valence-corrected chi connectivity index (χ4v) is 3.87. The monoisotopic (exact) mass is 366 g/mol. The molecule has 0 bridgehead atoms. The molecule has 0 radical (unpaired) electrons. The van der Waals surface area contributed by atoms with E-state index in [4.69, 9.17) is 4.52 Å². The number of nitrogens with one attached hydrogen (secondary N) is 1. The number of benzene rings is 1. The van der Waals surface area contributed by atoms with Crippen LogP contribution in [0.3, 0.4) is 0 Å². The molecule has 1 N–H and O–H groups in total. The maximum Gasteiger partial charge on any atom is 0.292 e. The first-order valence-electron chi connectivity index (χ1n) is 9.77. The Labute approximate surface area is 158 Å². The van der Waals surface area contributed by atoms with Crippen LogP contribution in [0.5, 0.6) is 0 Å². The van der Waals surface area contributed by atoms with E-state index < -0.39 is 0 Å². The van der Waals surface area contributed by atoms with Gasteiger partial charge >= 0.3 is 0 Å². The second-order valence-corrected chi connectivity index (χ2v) is 7.94. The van der Waals surface area contributed by atoms with Crippen molar-refractivity contribution >= 4 is 16.9 Å². The molecule has 1 amide bonds. The molecule has 0 unspecified atom stereocenters. The molecule has 1 atom stereocenters. The Morgan fingerprint density at radius 2 is 2.22 bits per heavy atom. The van der Waals surface area contributed by atoms with E-state index in [1.54, 1.807) is 6.07 Å². The van der Waals surface area contributed by atoms with Gasteiger partial charge in [0, 0.05) is 25.6 Å². The van der Waals surface area contributed by atoms with Crippen LogP contribution < -0.4 is 0 Å². The highest BCUT2D eigenvalue weighted by Crippen LogP contribution is 2.23. The molecule has 1 aliphatic heterocycles. The zero-order chi connectivity index (χ0) is 18.8. The summed E-state index contributed by atoms with van der Waals surface area (Å²) in [4.78, 5) is 22.8. The number of amides is 1. The van der Waals surface area contributed by atoms with Gasteiger partial charge in [-0.2, -0.15) is 0 Å². The van der Waals surface area contributed by atoms with Crippen LogP contribution in [-0.4, -0.2) is 39.0 Å². The Morgan fingerprint density at radius 1 is 1.37 bits per heavy atom. The van der Waals surface area contributed by atoms with Crippen molar-refractivity contribution in [1.82, 2.24) is 20.0 Å². The smallest absolute Gasteiger partial charge is 0.292 e. The lowest BCUT2D eigenvalue weighted by atomic mass is 9.94. The molecule has 27 heavy (non-hydrogen) atoms. The Kier molecular flexibility index (Phi) is 4.97. The Hall–Kier alpha value is -2.63. The minimum Gasteiger partial charge on any atom is -0.351 e. The third kappa shape index (κ3) is 4.04. The molecule has 142 valence electrons. The third-order valence-corrected chi connectivity index (χ3v) is 5.11. The minimum atomic E-state index is -0.0492. The number of fused-ring (bicyclic) bond motifs is 1. The van der Waals surface area contributed by atoms with Crippen molar-refractivity contribution in [2.45, 2.75) is 39.5 Å². The largest absolute Gasteiger partial charge is 0.351 e. The highest BCUT2D eigenvalue weighted by atomic mass is 16.5. The van der Waals surface area contributed by atoms with E-state index in [0.717, 1.165) is 61.3 Å². The number of hydrogen-bond acceptors (Lipinski definition) is 4. The zero-order valence-corrected chi connectivity index (χ0v) is 15.9. The maximum absolute atomic E-state index is 12.8. The van der Waals surface area contributed by atoms with Crippen molar-refractivity contribution < 1.29 is 9.32 Å². The van der Waals surface area contributed by atoms with Gasteiger partial charge in [0.2, 0.25) is 5.76 Å². The van der Waals surface area contributed by atoms with E-state index in [2.05, 4.69) is 29.0 Å². The van der Waals surface area contributed by atoms with Gasteiger partial charge < -0.3 is 14.4 Å². The van der Waals surface area contributed by atoms with Gasteiger partial charge in [0.15, 0.2) is 0 Å². The van der Waals surface area contributed by atoms with Crippen LogP contribution in [0.2, 0.25) is 0 Å². The van der Waals surface area contributed by atoms with Gasteiger partial charge in [0.05, 0.1) is 16.7 Å². The van der Waals surface area contributed by atoms with Gasteiger partial charge in [0.1, 0.15) is 5.82 Å². The fraction of sp³-hybridized carbons (Fsp3) is 0.476. The standard InChI is InChI=1S/C21H26N4O2/c1-14(2)10-16-12-19(27-24-16)21(26)25-9-5-6-15(13-25)11-20-22-17-7-3-4-8-18(17)23-20/h3-4,7-8,12,14-15H,5-6,9-11,13H2,1-2H3,(H,22,23)/t15-/m0/s1. The number of nitrogens with zero attached hydrogens (tertiary/aromatic N) is 3. The zero-order valence-electron chi connectivity index (χ0n) is 15.9. The van der Waals surface area contributed by atoms with E-state index in [1.165, 1.54) is 0 Å². The van der Waals surface area contributed by atoms with Crippen LogP contribution in [-0.2, 0) is 12.8 Å². The SMILES string of the molecule is CC(C)Cc1cc(C(=O)N2CCC[C@@H](Cc3nc4ccccc4[nH]3)C2)on1. The van der Waals surface area contributed by atoms with Crippen LogP contribution in [0.25, 0.3) is 11.0 Å². The summed E-state index contributed by atoms with van der Waals surface area (Å²) in [7, 11) is 0. The lowest BCUT2D eigenvalue weighted by molar-refractivity contribution is 0.0630. The van der Waals surface area contributed by atoms with E-state index >= 15 is 0 Å². The van der Waals surface area contributed by atoms with Gasteiger partial charge in [-0.1, -0.05) is 31.1 Å². The third-order valence-electron chi connectivity index (χ3n) is 5.11. The van der Waals surface area contributed by atoms with Crippen LogP contribution in [0.4, 0.5) is 0 Å². The average molecular weight is 366 g/mol. The number of para-hydroxylation sites is 2. The molecule has 1 aliphatic rings. The van der Waals surface area contributed by atoms with Crippen LogP contribution in [0.1, 0.15) is 48.8 Å². The number of H-pyrrole nitrogens is 1. The molecular formula is C21H26N4O2. The minimum absolute atomic E-state index is 0.0492. The van der Waals surface area contributed by atoms with Gasteiger partial charge in [-0.25, -0.2) is 4.98 Å². The van der Waals surface area contributed by atoms with Crippen LogP contribution in [0, 0.1) is 11.8 Å². The van der Waals surface area contributed by atoms with Gasteiger partial charge in [-0.05, 0) is 43.2 Å². The number of carbonyl (C=O) groups excluding carboxylic acids is 1. The summed E-state index contributed by atoms with van der Waals surface area (Å²) in [6, 6.07) is 9.87. The summed E-state index contributed by atoms with van der Waals surface area (Å²) >= 11 is 0. The van der Waals surface area contributed by atoms with E-state index in [0.29, 0.717) is 17.6 Å². The summed E-state index contributed by atoms with van der Waals surface area (Å²) in [5.74, 6) is 2.19. The number of hydrogen-bond donors (Lipinski definition) is 1. The second kappa shape index (κ2) is 7.55. The van der Waals surface area contributed by atoms with Crippen molar-refractivity contribution in [2.24, 2.45) is 11.8 Å². The molecule has 0 spiro atoms. The predicted octanol–water partition coefficient (Wildman–Crippen LogP) is 3.84. The molecule has 3 heterocycles. The highest BCUT2D eigenvalue weighted by molar-refractivity contribution is 5.91. The van der Waals surface area contributed by atoms with Crippen molar-refractivity contribution in [1.29, 1.82) is 0 Å². The number of piperidine rings is 1. The topological polar surface area (TPSA) is 75.0 Å². The Morgan fingerprint density at radius 3 is 3.04 bits per heavy atom. The van der Waals surface area contributed by atoms with Crippen LogP contribution in [0.15, 0.2) is 34.9 Å². The van der Waals surface area contributed by atoms with Crippen LogP contribution >= 0.6 is 0 Å². The first-order chi connectivity index (χ1) is 13.1. The Balaban J connectivity index is 1.41. The summed E-state index contributed by atoms with van der Waals surface area (Å²) in [5, 5.41) is 4.05. The molecule has 6 heteroatoms. The summed E-state index contributed by atoms with van der Waals surface area (Å²) in [6.45, 7) is 5.76. The van der Waals surface area contributed by atoms with E-state index in [-0.39, 0.29) is 5.91 Å². The molecular weight excluding hydrogens is 340 g/mol. The number of likely N-dealkylation sites (tertiary alicyclic amines) is 1. The average Bonchev–Trinajstić information content (AvgIpc) is 3.27. The molecule has 1 saturated heterocycles. The summed E-state index contributed by atoms with van der Waals surface area (Å²) < 4.78 is 5.31. The quantitative estimate of drug-likeness (QED) is 0.744. The van der Waals surface area contributed by atoms with E-state index in [9.17, 15) is 4.79 Å². The molecule has 4 rings (SSSR count). The van der Waals surface area contributed by atoms with E-state index in [1.807, 2.05) is 29.2 Å². The maximum atomic E-state index is 12.8. The first kappa shape index (κ1) is 17.8. The van der Waals surface area contributed by atoms with Crippen molar-refractivity contribution in [2.75, 3.05) is 13.1 Å². The summed E-state index contributed by atoms with van der Waals surface area (Å²) in [6.07, 6.45) is 3.79. The molecule has 0 saturated carbocycles. The predicted molar refractivity (Wildman–Crippen MR) is 103 cm³/mol. The lowest BCUT2D eigenvalue weighted by Gasteiger charge is -2.31. The fourth-order valence-electron chi connectivity index (χ4n) is 3.87.